The van der Waals surface area contributed by atoms with E-state index < -0.39 is 0 Å². The number of hydrogen-bond acceptors (Lipinski definition) is 2. The van der Waals surface area contributed by atoms with Crippen molar-refractivity contribution >= 4 is 0 Å². The molecule has 0 amide bonds. The molecular weight excluding hydrogens is 220 g/mol. The largest absolute Gasteiger partial charge is 0.314 e. The fourth-order valence-corrected chi connectivity index (χ4v) is 3.17. The predicted molar refractivity (Wildman–Crippen MR) is 75.8 cm³/mol. The molecule has 1 fully saturated rings. The van der Waals surface area contributed by atoms with Crippen molar-refractivity contribution in [2.24, 2.45) is 0 Å². The molecule has 0 atom stereocenters. The van der Waals surface area contributed by atoms with Gasteiger partial charge in [0.25, 0.3) is 0 Å². The van der Waals surface area contributed by atoms with Gasteiger partial charge in [-0.15, -0.1) is 0 Å². The van der Waals surface area contributed by atoms with Gasteiger partial charge in [0.2, 0.25) is 0 Å². The molecule has 1 saturated heterocycles. The minimum Gasteiger partial charge on any atom is -0.314 e. The Morgan fingerprint density at radius 3 is 2.78 bits per heavy atom. The van der Waals surface area contributed by atoms with Crippen LogP contribution in [0.1, 0.15) is 36.5 Å². The maximum Gasteiger partial charge on any atom is 0.0348 e. The van der Waals surface area contributed by atoms with Crippen LogP contribution in [0.2, 0.25) is 0 Å². The normalized spacial score (nSPS) is 19.0. The number of nitrogens with one attached hydrogen (secondary N) is 1. The molecular formula is C16H24N2. The Morgan fingerprint density at radius 1 is 1.22 bits per heavy atom. The first-order valence-corrected chi connectivity index (χ1v) is 7.42. The number of aryl methyl sites for hydroxylation is 2. The van der Waals surface area contributed by atoms with Crippen molar-refractivity contribution in [1.29, 1.82) is 0 Å². The second-order valence-electron chi connectivity index (χ2n) is 5.74. The Hall–Kier alpha value is -0.860. The van der Waals surface area contributed by atoms with Crippen LogP contribution in [0, 0.1) is 0 Å². The Kier molecular flexibility index (Phi) is 3.67. The van der Waals surface area contributed by atoms with Gasteiger partial charge in [-0.2, -0.15) is 0 Å². The molecule has 0 aromatic heterocycles. The average molecular weight is 244 g/mol. The summed E-state index contributed by atoms with van der Waals surface area (Å²) in [4.78, 5) is 2.65. The minimum absolute atomic E-state index is 0.762. The number of benzene rings is 1. The highest BCUT2D eigenvalue weighted by Crippen LogP contribution is 2.24. The quantitative estimate of drug-likeness (QED) is 0.855. The Labute approximate surface area is 110 Å². The summed E-state index contributed by atoms with van der Waals surface area (Å²) in [7, 11) is 0. The Balaban J connectivity index is 1.69. The molecule has 0 spiro atoms. The molecule has 0 saturated carbocycles. The van der Waals surface area contributed by atoms with Crippen molar-refractivity contribution in [3.05, 3.63) is 34.9 Å². The van der Waals surface area contributed by atoms with Gasteiger partial charge in [0.05, 0.1) is 0 Å². The van der Waals surface area contributed by atoms with Crippen molar-refractivity contribution in [2.75, 3.05) is 19.6 Å². The van der Waals surface area contributed by atoms with Gasteiger partial charge in [-0.25, -0.2) is 0 Å². The van der Waals surface area contributed by atoms with E-state index in [9.17, 15) is 0 Å². The third-order valence-electron chi connectivity index (χ3n) is 4.34. The highest BCUT2D eigenvalue weighted by atomic mass is 15.2. The standard InChI is InChI=1S/C16H24N2/c1-2-8-18(16-10-17-11-16)12-13-6-7-14-4-3-5-15(14)9-13/h6-7,9,16-17H,2-5,8,10-12H2,1H3. The van der Waals surface area contributed by atoms with Crippen LogP contribution in [0.25, 0.3) is 0 Å². The van der Waals surface area contributed by atoms with Crippen LogP contribution < -0.4 is 5.32 Å². The first kappa shape index (κ1) is 12.2. The van der Waals surface area contributed by atoms with Crippen LogP contribution >= 0.6 is 0 Å². The lowest BCUT2D eigenvalue weighted by Crippen LogP contribution is -2.56. The first-order valence-electron chi connectivity index (χ1n) is 7.42. The fraction of sp³-hybridized carbons (Fsp3) is 0.625. The molecule has 2 nitrogen and oxygen atoms in total. The highest BCUT2D eigenvalue weighted by molar-refractivity contribution is 5.35. The molecule has 2 aliphatic rings. The van der Waals surface area contributed by atoms with E-state index in [4.69, 9.17) is 0 Å². The van der Waals surface area contributed by atoms with E-state index >= 15 is 0 Å². The summed E-state index contributed by atoms with van der Waals surface area (Å²) in [6.07, 6.45) is 5.19. The third kappa shape index (κ3) is 2.45. The summed E-state index contributed by atoms with van der Waals surface area (Å²) in [5.41, 5.74) is 4.71. The van der Waals surface area contributed by atoms with E-state index in [-0.39, 0.29) is 0 Å². The van der Waals surface area contributed by atoms with Gasteiger partial charge in [-0.3, -0.25) is 4.90 Å². The van der Waals surface area contributed by atoms with Crippen molar-refractivity contribution in [1.82, 2.24) is 10.2 Å². The maximum absolute atomic E-state index is 3.39. The van der Waals surface area contributed by atoms with E-state index in [0.29, 0.717) is 0 Å². The van der Waals surface area contributed by atoms with E-state index in [1.807, 2.05) is 0 Å². The SMILES string of the molecule is CCCN(Cc1ccc2c(c1)CCC2)C1CNC1. The molecule has 1 aliphatic heterocycles. The second-order valence-corrected chi connectivity index (χ2v) is 5.74. The summed E-state index contributed by atoms with van der Waals surface area (Å²) < 4.78 is 0. The lowest BCUT2D eigenvalue weighted by atomic mass is 10.0. The summed E-state index contributed by atoms with van der Waals surface area (Å²) in [5.74, 6) is 0. The maximum atomic E-state index is 3.39. The molecule has 18 heavy (non-hydrogen) atoms. The average Bonchev–Trinajstić information content (AvgIpc) is 2.74. The monoisotopic (exact) mass is 244 g/mol. The number of rotatable bonds is 5. The molecule has 0 unspecified atom stereocenters. The Bertz CT molecular complexity index is 410. The third-order valence-corrected chi connectivity index (χ3v) is 4.34. The zero-order valence-electron chi connectivity index (χ0n) is 11.4. The van der Waals surface area contributed by atoms with Gasteiger partial charge in [0, 0.05) is 25.7 Å². The Morgan fingerprint density at radius 2 is 2.06 bits per heavy atom. The molecule has 3 rings (SSSR count). The highest BCUT2D eigenvalue weighted by Gasteiger charge is 2.24. The predicted octanol–water partition coefficient (Wildman–Crippen LogP) is 2.36. The van der Waals surface area contributed by atoms with Crippen molar-refractivity contribution in [3.63, 3.8) is 0 Å². The smallest absolute Gasteiger partial charge is 0.0348 e. The summed E-state index contributed by atoms with van der Waals surface area (Å²) in [6.45, 7) is 6.98. The topological polar surface area (TPSA) is 15.3 Å². The van der Waals surface area contributed by atoms with Gasteiger partial charge < -0.3 is 5.32 Å². The molecule has 2 heteroatoms. The van der Waals surface area contributed by atoms with E-state index in [2.05, 4.69) is 35.3 Å². The van der Waals surface area contributed by atoms with Crippen LogP contribution in [0.5, 0.6) is 0 Å². The molecule has 0 bridgehead atoms. The van der Waals surface area contributed by atoms with Crippen LogP contribution in [-0.4, -0.2) is 30.6 Å². The minimum atomic E-state index is 0.762. The van der Waals surface area contributed by atoms with Crippen molar-refractivity contribution in [3.8, 4) is 0 Å². The molecule has 1 N–H and O–H groups in total. The first-order chi connectivity index (χ1) is 8.86. The second kappa shape index (κ2) is 5.41. The van der Waals surface area contributed by atoms with Crippen LogP contribution in [0.15, 0.2) is 18.2 Å². The molecule has 1 aliphatic carbocycles. The number of hydrogen-bond donors (Lipinski definition) is 1. The van der Waals surface area contributed by atoms with Gasteiger partial charge in [-0.05, 0) is 48.9 Å². The lowest BCUT2D eigenvalue weighted by Gasteiger charge is -2.38. The summed E-state index contributed by atoms with van der Waals surface area (Å²) in [5, 5.41) is 3.39. The van der Waals surface area contributed by atoms with E-state index in [1.54, 1.807) is 11.1 Å². The van der Waals surface area contributed by atoms with Crippen LogP contribution in [0.3, 0.4) is 0 Å². The van der Waals surface area contributed by atoms with Gasteiger partial charge >= 0.3 is 0 Å². The van der Waals surface area contributed by atoms with Crippen molar-refractivity contribution < 1.29 is 0 Å². The molecule has 0 radical (unpaired) electrons. The van der Waals surface area contributed by atoms with E-state index in [0.717, 1.165) is 12.6 Å². The van der Waals surface area contributed by atoms with Crippen LogP contribution in [0.4, 0.5) is 0 Å². The molecule has 1 aromatic carbocycles. The van der Waals surface area contributed by atoms with Crippen molar-refractivity contribution in [2.45, 2.75) is 45.2 Å². The van der Waals surface area contributed by atoms with Crippen LogP contribution in [-0.2, 0) is 19.4 Å². The fourth-order valence-electron chi connectivity index (χ4n) is 3.17. The number of nitrogens with zero attached hydrogens (tertiary/aromatic N) is 1. The molecule has 1 aromatic rings. The lowest BCUT2D eigenvalue weighted by molar-refractivity contribution is 0.138. The zero-order valence-corrected chi connectivity index (χ0v) is 11.4. The molecule has 98 valence electrons. The zero-order chi connectivity index (χ0) is 12.4. The van der Waals surface area contributed by atoms with Gasteiger partial charge in [0.1, 0.15) is 0 Å². The summed E-state index contributed by atoms with van der Waals surface area (Å²) in [6, 6.07) is 7.93. The van der Waals surface area contributed by atoms with E-state index in [1.165, 1.54) is 50.9 Å². The summed E-state index contributed by atoms with van der Waals surface area (Å²) >= 11 is 0. The number of fused-ring (bicyclic) bond motifs is 1. The molecule has 1 heterocycles. The van der Waals surface area contributed by atoms with Gasteiger partial charge in [-0.1, -0.05) is 25.1 Å². The van der Waals surface area contributed by atoms with Gasteiger partial charge in [0.15, 0.2) is 0 Å².